The van der Waals surface area contributed by atoms with Gasteiger partial charge in [0.05, 0.1) is 37.9 Å². The fourth-order valence-electron chi connectivity index (χ4n) is 5.17. The maximum atomic E-state index is 13.9. The molecule has 0 saturated carbocycles. The lowest BCUT2D eigenvalue weighted by Crippen LogP contribution is -2.21. The Kier molecular flexibility index (Phi) is 10.2. The molecule has 4 aromatic carbocycles. The van der Waals surface area contributed by atoms with Gasteiger partial charge >= 0.3 is 0 Å². The van der Waals surface area contributed by atoms with E-state index in [1.165, 1.54) is 25.1 Å². The number of nitrogens with zero attached hydrogens (tertiary/aromatic N) is 3. The molecule has 0 bridgehead atoms. The summed E-state index contributed by atoms with van der Waals surface area (Å²) in [6.07, 6.45) is 1.53. The highest BCUT2D eigenvalue weighted by atomic mass is 16.5. The van der Waals surface area contributed by atoms with Crippen molar-refractivity contribution < 1.29 is 23.7 Å². The largest absolute Gasteiger partial charge is 0.494 e. The number of fused-ring (bicyclic) bond motifs is 1. The van der Waals surface area contributed by atoms with Crippen molar-refractivity contribution in [2.75, 3.05) is 32.8 Å². The summed E-state index contributed by atoms with van der Waals surface area (Å²) in [6.45, 7) is 8.39. The minimum atomic E-state index is -0.341. The number of amides is 1. The highest BCUT2D eigenvalue weighted by Gasteiger charge is 2.20. The average molecular weight is 635 g/mol. The number of anilines is 1. The average Bonchev–Trinajstić information content (AvgIpc) is 3.07. The van der Waals surface area contributed by atoms with Crippen molar-refractivity contribution in [3.63, 3.8) is 0 Å². The Hall–Kier alpha value is -5.64. The highest BCUT2D eigenvalue weighted by Crippen LogP contribution is 2.38. The molecule has 1 amide bonds. The zero-order valence-electron chi connectivity index (χ0n) is 27.4. The van der Waals surface area contributed by atoms with E-state index in [2.05, 4.69) is 24.3 Å². The molecule has 0 aliphatic carbocycles. The normalized spacial score (nSPS) is 11.2. The molecule has 0 aliphatic heterocycles. The summed E-state index contributed by atoms with van der Waals surface area (Å²) in [5.74, 6) is 1.94. The number of carbonyl (C=O) groups is 1. The summed E-state index contributed by atoms with van der Waals surface area (Å²) in [6, 6.07) is 23.7. The van der Waals surface area contributed by atoms with Gasteiger partial charge in [-0.3, -0.25) is 9.59 Å². The molecule has 1 aromatic heterocycles. The Morgan fingerprint density at radius 1 is 0.936 bits per heavy atom. The molecule has 0 radical (unpaired) electrons. The Labute approximate surface area is 273 Å². The van der Waals surface area contributed by atoms with Crippen LogP contribution in [-0.2, 0) is 4.79 Å². The van der Waals surface area contributed by atoms with Crippen molar-refractivity contribution in [1.29, 1.82) is 0 Å². The van der Waals surface area contributed by atoms with Crippen LogP contribution in [0.25, 0.3) is 22.3 Å². The fourth-order valence-corrected chi connectivity index (χ4v) is 5.17. The van der Waals surface area contributed by atoms with Gasteiger partial charge < -0.3 is 24.3 Å². The number of methoxy groups -OCH3 is 2. The van der Waals surface area contributed by atoms with E-state index in [1.54, 1.807) is 36.4 Å². The number of benzene rings is 4. The van der Waals surface area contributed by atoms with Gasteiger partial charge in [-0.1, -0.05) is 44.2 Å². The molecular formula is C37H38N4O6. The maximum Gasteiger partial charge on any atom is 0.282 e. The van der Waals surface area contributed by atoms with E-state index in [0.717, 1.165) is 22.4 Å². The third-order valence-corrected chi connectivity index (χ3v) is 7.48. The number of hydrogen-bond donors (Lipinski definition) is 1. The van der Waals surface area contributed by atoms with Crippen LogP contribution in [0.2, 0.25) is 0 Å². The van der Waals surface area contributed by atoms with Crippen LogP contribution < -0.4 is 29.8 Å². The van der Waals surface area contributed by atoms with Crippen molar-refractivity contribution >= 4 is 28.7 Å². The van der Waals surface area contributed by atoms with Crippen LogP contribution in [0, 0.1) is 6.92 Å². The summed E-state index contributed by atoms with van der Waals surface area (Å²) in [5, 5.41) is 7.87. The van der Waals surface area contributed by atoms with Crippen molar-refractivity contribution in [3.8, 4) is 34.4 Å². The number of hydrogen-bond acceptors (Lipinski definition) is 8. The van der Waals surface area contributed by atoms with Crippen molar-refractivity contribution in [1.82, 2.24) is 9.66 Å². The SMILES string of the molecule is CCOc1cc(C)c(-c2nc3ccccc3c(=O)n2N=Cc2cc(OC)c(OCC(=O)Nc3ccccc3)c(OC)c2)cc1C(C)C. The molecule has 47 heavy (non-hydrogen) atoms. The Morgan fingerprint density at radius 2 is 1.62 bits per heavy atom. The van der Waals surface area contributed by atoms with E-state index in [4.69, 9.17) is 23.9 Å². The molecule has 0 unspecified atom stereocenters. The topological polar surface area (TPSA) is 113 Å². The highest BCUT2D eigenvalue weighted by molar-refractivity contribution is 5.92. The second-order valence-electron chi connectivity index (χ2n) is 11.1. The van der Waals surface area contributed by atoms with E-state index < -0.39 is 0 Å². The number of aromatic nitrogens is 2. The number of carbonyl (C=O) groups excluding carboxylic acids is 1. The van der Waals surface area contributed by atoms with Crippen LogP contribution in [-0.4, -0.2) is 49.2 Å². The number of nitrogens with one attached hydrogen (secondary N) is 1. The van der Waals surface area contributed by atoms with Gasteiger partial charge in [-0.25, -0.2) is 4.98 Å². The van der Waals surface area contributed by atoms with E-state index >= 15 is 0 Å². The Balaban J connectivity index is 1.54. The van der Waals surface area contributed by atoms with Crippen molar-refractivity contribution in [3.05, 3.63) is 106 Å². The minimum absolute atomic E-state index is 0.171. The molecule has 10 nitrogen and oxygen atoms in total. The maximum absolute atomic E-state index is 13.9. The van der Waals surface area contributed by atoms with Gasteiger partial charge in [-0.2, -0.15) is 9.78 Å². The van der Waals surface area contributed by atoms with Gasteiger partial charge in [0, 0.05) is 16.8 Å². The first-order valence-electron chi connectivity index (χ1n) is 15.3. The molecule has 0 saturated heterocycles. The summed E-state index contributed by atoms with van der Waals surface area (Å²) in [5.41, 5.74) is 4.15. The van der Waals surface area contributed by atoms with Crippen molar-refractivity contribution in [2.45, 2.75) is 33.6 Å². The number of rotatable bonds is 12. The monoisotopic (exact) mass is 634 g/mol. The zero-order chi connectivity index (χ0) is 33.5. The summed E-state index contributed by atoms with van der Waals surface area (Å²) >= 11 is 0. The van der Waals surface area contributed by atoms with Gasteiger partial charge in [-0.05, 0) is 79.4 Å². The number of aryl methyl sites for hydroxylation is 1. The molecular weight excluding hydrogens is 596 g/mol. The molecule has 1 N–H and O–H groups in total. The molecule has 10 heteroatoms. The molecule has 242 valence electrons. The van der Waals surface area contributed by atoms with Crippen LogP contribution >= 0.6 is 0 Å². The fraction of sp³-hybridized carbons (Fsp3) is 0.243. The molecule has 5 aromatic rings. The lowest BCUT2D eigenvalue weighted by molar-refractivity contribution is -0.118. The first-order valence-corrected chi connectivity index (χ1v) is 15.3. The molecule has 5 rings (SSSR count). The molecule has 0 atom stereocenters. The van der Waals surface area contributed by atoms with Crippen LogP contribution in [0.4, 0.5) is 5.69 Å². The summed E-state index contributed by atoms with van der Waals surface area (Å²) < 4.78 is 24.3. The number of para-hydroxylation sites is 2. The lowest BCUT2D eigenvalue weighted by Gasteiger charge is -2.18. The van der Waals surface area contributed by atoms with Crippen molar-refractivity contribution in [2.24, 2.45) is 5.10 Å². The Morgan fingerprint density at radius 3 is 2.28 bits per heavy atom. The van der Waals surface area contributed by atoms with E-state index in [9.17, 15) is 9.59 Å². The first-order chi connectivity index (χ1) is 22.7. The summed E-state index contributed by atoms with van der Waals surface area (Å²) in [4.78, 5) is 31.3. The zero-order valence-corrected chi connectivity index (χ0v) is 27.4. The van der Waals surface area contributed by atoms with Crippen LogP contribution in [0.15, 0.2) is 88.8 Å². The third kappa shape index (κ3) is 7.27. The first kappa shape index (κ1) is 32.7. The van der Waals surface area contributed by atoms with Crippen LogP contribution in [0.5, 0.6) is 23.0 Å². The Bertz CT molecular complexity index is 1960. The number of ether oxygens (including phenoxy) is 4. The second kappa shape index (κ2) is 14.6. The third-order valence-electron chi connectivity index (χ3n) is 7.48. The molecule has 0 spiro atoms. The molecule has 1 heterocycles. The minimum Gasteiger partial charge on any atom is -0.494 e. The van der Waals surface area contributed by atoms with Gasteiger partial charge in [0.25, 0.3) is 11.5 Å². The van der Waals surface area contributed by atoms with Crippen LogP contribution in [0.3, 0.4) is 0 Å². The smallest absolute Gasteiger partial charge is 0.282 e. The molecule has 0 aliphatic rings. The quantitative estimate of drug-likeness (QED) is 0.150. The molecule has 0 fully saturated rings. The standard InChI is InChI=1S/C37H38N4O6/c1-7-46-31-17-24(4)29(20-28(31)23(2)3)36-40-30-16-12-11-15-27(30)37(43)41(36)38-21-25-18-32(44-5)35(33(19-25)45-6)47-22-34(42)39-26-13-9-8-10-14-26/h8-21,23H,7,22H2,1-6H3,(H,39,42). The predicted octanol–water partition coefficient (Wildman–Crippen LogP) is 6.81. The summed E-state index contributed by atoms with van der Waals surface area (Å²) in [7, 11) is 2.98. The second-order valence-corrected chi connectivity index (χ2v) is 11.1. The van der Waals surface area contributed by atoms with E-state index in [-0.39, 0.29) is 29.7 Å². The van der Waals surface area contributed by atoms with Gasteiger partial charge in [-0.15, -0.1) is 0 Å². The van der Waals surface area contributed by atoms with E-state index in [0.29, 0.717) is 46.1 Å². The van der Waals surface area contributed by atoms with Crippen LogP contribution in [0.1, 0.15) is 43.4 Å². The van der Waals surface area contributed by atoms with E-state index in [1.807, 2.05) is 56.3 Å². The van der Waals surface area contributed by atoms with Gasteiger partial charge in [0.1, 0.15) is 5.75 Å². The van der Waals surface area contributed by atoms with Gasteiger partial charge in [0.2, 0.25) is 5.75 Å². The predicted molar refractivity (Wildman–Crippen MR) is 185 cm³/mol. The van der Waals surface area contributed by atoms with Gasteiger partial charge in [0.15, 0.2) is 23.9 Å². The lowest BCUT2D eigenvalue weighted by atomic mass is 9.96.